The third kappa shape index (κ3) is 5.19. The second kappa shape index (κ2) is 10.3. The van der Waals surface area contributed by atoms with Crippen molar-refractivity contribution in [2.45, 2.75) is 63.7 Å². The maximum Gasteiger partial charge on any atom is 0.317 e. The number of hydrogen-bond acceptors (Lipinski definition) is 6. The second-order valence-corrected chi connectivity index (χ2v) is 14.1. The van der Waals surface area contributed by atoms with E-state index in [1.54, 1.807) is 13.8 Å². The first-order chi connectivity index (χ1) is 16.1. The molecule has 1 fully saturated rings. The molecule has 0 unspecified atom stereocenters. The van der Waals surface area contributed by atoms with Crippen LogP contribution < -0.4 is 10.4 Å². The van der Waals surface area contributed by atoms with E-state index >= 15 is 0 Å². The van der Waals surface area contributed by atoms with Gasteiger partial charge in [0.05, 0.1) is 13.7 Å². The molecule has 1 saturated heterocycles. The number of rotatable bonds is 8. The van der Waals surface area contributed by atoms with Crippen LogP contribution in [0.4, 0.5) is 0 Å². The van der Waals surface area contributed by atoms with E-state index in [0.717, 1.165) is 10.4 Å². The average molecular weight is 484 g/mol. The van der Waals surface area contributed by atoms with Gasteiger partial charge in [0.1, 0.15) is 12.2 Å². The molecule has 8 nitrogen and oxygen atoms in total. The van der Waals surface area contributed by atoms with Crippen LogP contribution in [0.15, 0.2) is 65.8 Å². The summed E-state index contributed by atoms with van der Waals surface area (Å²) in [6.45, 7) is 10.2. The van der Waals surface area contributed by atoms with Gasteiger partial charge in [0.25, 0.3) is 8.32 Å². The van der Waals surface area contributed by atoms with Crippen LogP contribution in [0.25, 0.3) is 10.4 Å². The predicted molar refractivity (Wildman–Crippen MR) is 132 cm³/mol. The Morgan fingerprint density at radius 1 is 1.09 bits per heavy atom. The van der Waals surface area contributed by atoms with Gasteiger partial charge in [-0.15, -0.1) is 0 Å². The van der Waals surface area contributed by atoms with Crippen molar-refractivity contribution in [1.29, 1.82) is 0 Å². The van der Waals surface area contributed by atoms with Crippen molar-refractivity contribution >= 4 is 24.7 Å². The van der Waals surface area contributed by atoms with Crippen molar-refractivity contribution in [3.8, 4) is 0 Å². The van der Waals surface area contributed by atoms with E-state index in [1.807, 2.05) is 36.4 Å². The second-order valence-electron chi connectivity index (χ2n) is 9.79. The van der Waals surface area contributed by atoms with Crippen LogP contribution in [0.1, 0.15) is 34.6 Å². The fourth-order valence-electron chi connectivity index (χ4n) is 4.65. The molecule has 182 valence electrons. The summed E-state index contributed by atoms with van der Waals surface area (Å²) in [7, 11) is -1.59. The maximum absolute atomic E-state index is 12.4. The zero-order chi connectivity index (χ0) is 25.0. The van der Waals surface area contributed by atoms with Crippen LogP contribution in [0.2, 0.25) is 5.04 Å². The molecule has 2 aromatic carbocycles. The lowest BCUT2D eigenvalue weighted by Gasteiger charge is -2.43. The molecule has 0 bridgehead atoms. The number of esters is 1. The number of azide groups is 1. The normalized spacial score (nSPS) is 20.9. The summed E-state index contributed by atoms with van der Waals surface area (Å²) in [5.74, 6) is -1.67. The molecule has 0 radical (unpaired) electrons. The molecule has 2 aromatic rings. The highest BCUT2D eigenvalue weighted by atomic mass is 28.4. The molecule has 1 aliphatic heterocycles. The third-order valence-corrected chi connectivity index (χ3v) is 11.0. The third-order valence-electron chi connectivity index (χ3n) is 6.03. The Bertz CT molecular complexity index is 980. The minimum atomic E-state index is -2.84. The van der Waals surface area contributed by atoms with Crippen LogP contribution in [0.5, 0.6) is 0 Å². The molecule has 0 N–H and O–H groups in total. The Labute approximate surface area is 201 Å². The van der Waals surface area contributed by atoms with Gasteiger partial charge in [0, 0.05) is 4.91 Å². The van der Waals surface area contributed by atoms with Gasteiger partial charge in [-0.3, -0.25) is 4.79 Å². The molecule has 3 atom stereocenters. The Balaban J connectivity index is 2.05. The Morgan fingerprint density at radius 3 is 2.06 bits per heavy atom. The highest BCUT2D eigenvalue weighted by Gasteiger charge is 2.53. The molecule has 0 aromatic heterocycles. The summed E-state index contributed by atoms with van der Waals surface area (Å²) >= 11 is 0. The number of nitrogens with zero attached hydrogens (tertiary/aromatic N) is 3. The molecular formula is C25H33N3O5Si. The quantitative estimate of drug-likeness (QED) is 0.186. The molecule has 3 rings (SSSR count). The van der Waals surface area contributed by atoms with Crippen molar-refractivity contribution in [3.63, 3.8) is 0 Å². The smallest absolute Gasteiger partial charge is 0.317 e. The standard InChI is InChI=1S/C25H33N3O5Si/c1-24(2,3)34(18-13-9-7-10-14-18,19-15-11-8-12-16-19)31-17-20-22(33-25(4,5)32-20)21(27-28-26)23(29)30-6/h7-16,20-22H,17H2,1-6H3/t20-,21-,22+/m0/s1. The van der Waals surface area contributed by atoms with E-state index in [1.165, 1.54) is 7.11 Å². The van der Waals surface area contributed by atoms with Gasteiger partial charge in [-0.2, -0.15) is 0 Å². The minimum absolute atomic E-state index is 0.149. The van der Waals surface area contributed by atoms with Crippen molar-refractivity contribution < 1.29 is 23.4 Å². The number of carbonyl (C=O) groups excluding carboxylic acids is 1. The van der Waals surface area contributed by atoms with Crippen LogP contribution in [0, 0.1) is 0 Å². The van der Waals surface area contributed by atoms with Crippen LogP contribution in [-0.2, 0) is 23.4 Å². The highest BCUT2D eigenvalue weighted by Crippen LogP contribution is 2.38. The van der Waals surface area contributed by atoms with E-state index in [4.69, 9.17) is 24.2 Å². The summed E-state index contributed by atoms with van der Waals surface area (Å²) < 4.78 is 24.0. The van der Waals surface area contributed by atoms with Gasteiger partial charge in [0.15, 0.2) is 11.8 Å². The number of methoxy groups -OCH3 is 1. The largest absolute Gasteiger partial charge is 0.469 e. The van der Waals surface area contributed by atoms with Gasteiger partial charge in [0.2, 0.25) is 0 Å². The zero-order valence-electron chi connectivity index (χ0n) is 20.6. The van der Waals surface area contributed by atoms with Gasteiger partial charge >= 0.3 is 5.97 Å². The molecule has 0 saturated carbocycles. The lowest BCUT2D eigenvalue weighted by Crippen LogP contribution is -2.67. The summed E-state index contributed by atoms with van der Waals surface area (Å²) in [5.41, 5.74) is 9.05. The van der Waals surface area contributed by atoms with E-state index < -0.39 is 38.3 Å². The molecule has 1 aliphatic rings. The summed E-state index contributed by atoms with van der Waals surface area (Å²) in [5, 5.41) is 5.69. The number of hydrogen-bond donors (Lipinski definition) is 0. The average Bonchev–Trinajstić information content (AvgIpc) is 3.12. The fraction of sp³-hybridized carbons (Fsp3) is 0.480. The first kappa shape index (κ1) is 25.9. The summed E-state index contributed by atoms with van der Waals surface area (Å²) in [4.78, 5) is 15.2. The number of benzene rings is 2. The summed E-state index contributed by atoms with van der Waals surface area (Å²) in [6.07, 6.45) is -1.50. The van der Waals surface area contributed by atoms with Gasteiger partial charge in [-0.05, 0) is 34.8 Å². The minimum Gasteiger partial charge on any atom is -0.469 e. The fourth-order valence-corrected chi connectivity index (χ4v) is 9.22. The van der Waals surface area contributed by atoms with Crippen molar-refractivity contribution in [1.82, 2.24) is 0 Å². The van der Waals surface area contributed by atoms with Crippen molar-refractivity contribution in [2.75, 3.05) is 13.7 Å². The summed E-state index contributed by atoms with van der Waals surface area (Å²) in [6, 6.07) is 19.3. The maximum atomic E-state index is 12.4. The lowest BCUT2D eigenvalue weighted by atomic mass is 10.1. The van der Waals surface area contributed by atoms with E-state index in [-0.39, 0.29) is 11.6 Å². The van der Waals surface area contributed by atoms with E-state index in [0.29, 0.717) is 0 Å². The zero-order valence-corrected chi connectivity index (χ0v) is 21.6. The van der Waals surface area contributed by atoms with Gasteiger partial charge in [-0.25, -0.2) is 0 Å². The molecule has 34 heavy (non-hydrogen) atoms. The highest BCUT2D eigenvalue weighted by molar-refractivity contribution is 6.99. The number of carbonyl (C=O) groups is 1. The SMILES string of the molecule is COC(=O)[C@@H](N=[N+]=[N-])[C@@H]1OC(C)(C)O[C@H]1CO[Si](c1ccccc1)(c1ccccc1)C(C)(C)C. The van der Waals surface area contributed by atoms with Crippen molar-refractivity contribution in [3.05, 3.63) is 71.1 Å². The van der Waals surface area contributed by atoms with Gasteiger partial charge < -0.3 is 18.6 Å². The lowest BCUT2D eigenvalue weighted by molar-refractivity contribution is -0.157. The molecule has 0 amide bonds. The molecule has 1 heterocycles. The van der Waals surface area contributed by atoms with Crippen LogP contribution >= 0.6 is 0 Å². The number of ether oxygens (including phenoxy) is 3. The first-order valence-electron chi connectivity index (χ1n) is 11.3. The first-order valence-corrected chi connectivity index (χ1v) is 13.2. The van der Waals surface area contributed by atoms with E-state index in [9.17, 15) is 4.79 Å². The van der Waals surface area contributed by atoms with E-state index in [2.05, 4.69) is 55.1 Å². The monoisotopic (exact) mass is 483 g/mol. The Kier molecular flexibility index (Phi) is 7.85. The Hall–Kier alpha value is -2.68. The molecule has 0 spiro atoms. The molecule has 9 heteroatoms. The van der Waals surface area contributed by atoms with Gasteiger partial charge in [-0.1, -0.05) is 86.5 Å². The molecule has 0 aliphatic carbocycles. The molecular weight excluding hydrogens is 450 g/mol. The van der Waals surface area contributed by atoms with Crippen LogP contribution in [-0.4, -0.2) is 52.0 Å². The van der Waals surface area contributed by atoms with Crippen LogP contribution in [0.3, 0.4) is 0 Å². The Morgan fingerprint density at radius 2 is 1.62 bits per heavy atom. The van der Waals surface area contributed by atoms with Crippen molar-refractivity contribution in [2.24, 2.45) is 5.11 Å². The predicted octanol–water partition coefficient (Wildman–Crippen LogP) is 3.94. The topological polar surface area (TPSA) is 103 Å².